The van der Waals surface area contributed by atoms with Gasteiger partial charge < -0.3 is 10.2 Å². The van der Waals surface area contributed by atoms with Crippen molar-refractivity contribution in [2.24, 2.45) is 0 Å². The van der Waals surface area contributed by atoms with E-state index in [0.29, 0.717) is 6.04 Å². The molecule has 1 aromatic carbocycles. The highest BCUT2D eigenvalue weighted by Gasteiger charge is 2.18. The molecule has 1 aliphatic heterocycles. The molecule has 1 fully saturated rings. The van der Waals surface area contributed by atoms with E-state index in [2.05, 4.69) is 20.1 Å². The van der Waals surface area contributed by atoms with Crippen LogP contribution in [-0.4, -0.2) is 36.4 Å². The number of anilines is 1. The maximum absolute atomic E-state index is 8.02. The van der Waals surface area contributed by atoms with E-state index in [1.54, 1.807) is 11.3 Å². The average molecular weight is 321 g/mol. The number of hydrogen-bond donors (Lipinski definition) is 2. The van der Waals surface area contributed by atoms with E-state index < -0.39 is 0 Å². The first-order chi connectivity index (χ1) is 10.8. The molecule has 2 aromatic rings. The Morgan fingerprint density at radius 1 is 1.32 bits per heavy atom. The summed E-state index contributed by atoms with van der Waals surface area (Å²) in [5.74, 6) is 0. The molecule has 0 amide bonds. The van der Waals surface area contributed by atoms with Crippen molar-refractivity contribution in [2.45, 2.75) is 25.5 Å². The number of aromatic nitrogens is 1. The van der Waals surface area contributed by atoms with Crippen molar-refractivity contribution in [1.82, 2.24) is 10.3 Å². The number of nitrogens with zero attached hydrogens (tertiary/aromatic N) is 2. The first kappa shape index (κ1) is 16.9. The second-order valence-corrected chi connectivity index (χ2v) is 6.00. The Balaban J connectivity index is 0.000000172. The third kappa shape index (κ3) is 5.38. The van der Waals surface area contributed by atoms with Gasteiger partial charge in [-0.05, 0) is 25.5 Å². The highest BCUT2D eigenvalue weighted by molar-refractivity contribution is 7.13. The fourth-order valence-corrected chi connectivity index (χ4v) is 3.08. The number of nitrogens with one attached hydrogen (secondary N) is 1. The Morgan fingerprint density at radius 2 is 2.05 bits per heavy atom. The summed E-state index contributed by atoms with van der Waals surface area (Å²) in [5.41, 5.74) is 0.972. The zero-order valence-corrected chi connectivity index (χ0v) is 13.6. The highest BCUT2D eigenvalue weighted by Crippen LogP contribution is 2.21. The molecule has 0 saturated carbocycles. The SMILES string of the molecule is CNC1CCN(c2nccs2)CC1.OOCc1ccccc1. The Morgan fingerprint density at radius 3 is 2.59 bits per heavy atom. The summed E-state index contributed by atoms with van der Waals surface area (Å²) in [6.45, 7) is 2.54. The maximum atomic E-state index is 8.02. The lowest BCUT2D eigenvalue weighted by atomic mass is 10.1. The van der Waals surface area contributed by atoms with Crippen LogP contribution < -0.4 is 10.2 Å². The number of benzene rings is 1. The van der Waals surface area contributed by atoms with E-state index in [1.165, 1.54) is 18.0 Å². The minimum Gasteiger partial charge on any atom is -0.348 e. The smallest absolute Gasteiger partial charge is 0.185 e. The molecule has 0 unspecified atom stereocenters. The van der Waals surface area contributed by atoms with E-state index in [0.717, 1.165) is 18.7 Å². The normalized spacial score (nSPS) is 15.3. The lowest BCUT2D eigenvalue weighted by molar-refractivity contribution is -0.253. The highest BCUT2D eigenvalue weighted by atomic mass is 32.1. The van der Waals surface area contributed by atoms with Gasteiger partial charge in [-0.25, -0.2) is 9.87 Å². The molecule has 0 spiro atoms. The van der Waals surface area contributed by atoms with Crippen molar-refractivity contribution in [3.63, 3.8) is 0 Å². The van der Waals surface area contributed by atoms with Crippen LogP contribution in [0.5, 0.6) is 0 Å². The van der Waals surface area contributed by atoms with Crippen LogP contribution in [-0.2, 0) is 11.5 Å². The molecule has 2 heterocycles. The van der Waals surface area contributed by atoms with Gasteiger partial charge in [-0.3, -0.25) is 5.26 Å². The molecule has 120 valence electrons. The van der Waals surface area contributed by atoms with Crippen LogP contribution in [0, 0.1) is 0 Å². The van der Waals surface area contributed by atoms with Crippen LogP contribution in [0.2, 0.25) is 0 Å². The summed E-state index contributed by atoms with van der Waals surface area (Å²) >= 11 is 1.73. The third-order valence-electron chi connectivity index (χ3n) is 3.67. The second-order valence-electron chi connectivity index (χ2n) is 5.12. The van der Waals surface area contributed by atoms with Crippen LogP contribution in [0.1, 0.15) is 18.4 Å². The predicted molar refractivity (Wildman–Crippen MR) is 90.3 cm³/mol. The average Bonchev–Trinajstić information content (AvgIpc) is 3.11. The van der Waals surface area contributed by atoms with E-state index in [1.807, 2.05) is 49.0 Å². The molecule has 2 N–H and O–H groups in total. The van der Waals surface area contributed by atoms with Crippen LogP contribution in [0.3, 0.4) is 0 Å². The summed E-state index contributed by atoms with van der Waals surface area (Å²) < 4.78 is 0. The zero-order valence-electron chi connectivity index (χ0n) is 12.8. The van der Waals surface area contributed by atoms with Gasteiger partial charge in [0.2, 0.25) is 0 Å². The molecule has 3 rings (SSSR count). The monoisotopic (exact) mass is 321 g/mol. The summed E-state index contributed by atoms with van der Waals surface area (Å²) in [4.78, 5) is 10.6. The summed E-state index contributed by atoms with van der Waals surface area (Å²) in [6.07, 6.45) is 4.34. The van der Waals surface area contributed by atoms with Gasteiger partial charge in [-0.15, -0.1) is 11.3 Å². The first-order valence-electron chi connectivity index (χ1n) is 7.45. The molecular weight excluding hydrogens is 298 g/mol. The number of piperidine rings is 1. The minimum absolute atomic E-state index is 0.265. The van der Waals surface area contributed by atoms with Crippen molar-refractivity contribution in [2.75, 3.05) is 25.0 Å². The number of thiazole rings is 1. The molecule has 0 bridgehead atoms. The number of hydrogen-bond acceptors (Lipinski definition) is 6. The molecule has 1 aliphatic rings. The van der Waals surface area contributed by atoms with Gasteiger partial charge in [-0.1, -0.05) is 30.3 Å². The van der Waals surface area contributed by atoms with Gasteiger partial charge in [0.25, 0.3) is 0 Å². The van der Waals surface area contributed by atoms with Gasteiger partial charge in [0.15, 0.2) is 5.13 Å². The van der Waals surface area contributed by atoms with Crippen molar-refractivity contribution in [3.05, 3.63) is 47.5 Å². The molecule has 0 aliphatic carbocycles. The molecular formula is C16H23N3O2S. The first-order valence-corrected chi connectivity index (χ1v) is 8.33. The molecule has 5 nitrogen and oxygen atoms in total. The third-order valence-corrected chi connectivity index (χ3v) is 4.50. The summed E-state index contributed by atoms with van der Waals surface area (Å²) in [7, 11) is 2.05. The van der Waals surface area contributed by atoms with Crippen LogP contribution >= 0.6 is 11.3 Å². The van der Waals surface area contributed by atoms with E-state index in [9.17, 15) is 0 Å². The van der Waals surface area contributed by atoms with E-state index in [4.69, 9.17) is 5.26 Å². The van der Waals surface area contributed by atoms with Crippen molar-refractivity contribution in [1.29, 1.82) is 0 Å². The van der Waals surface area contributed by atoms with E-state index >= 15 is 0 Å². The zero-order chi connectivity index (χ0) is 15.6. The van der Waals surface area contributed by atoms with Crippen molar-refractivity contribution >= 4 is 16.5 Å². The molecule has 0 atom stereocenters. The minimum atomic E-state index is 0.265. The maximum Gasteiger partial charge on any atom is 0.185 e. The van der Waals surface area contributed by atoms with Gasteiger partial charge >= 0.3 is 0 Å². The standard InChI is InChI=1S/C9H15N3S.C7H8O2/c1-10-8-2-5-12(6-3-8)9-11-4-7-13-9;8-9-6-7-4-2-1-3-5-7/h4,7-8,10H,2-3,5-6H2,1H3;1-5,8H,6H2. The fraction of sp³-hybridized carbons (Fsp3) is 0.438. The summed E-state index contributed by atoms with van der Waals surface area (Å²) in [6, 6.07) is 10.2. The van der Waals surface area contributed by atoms with Crippen molar-refractivity contribution < 1.29 is 10.1 Å². The van der Waals surface area contributed by atoms with Crippen LogP contribution in [0.15, 0.2) is 41.9 Å². The Labute approximate surface area is 135 Å². The fourth-order valence-electron chi connectivity index (χ4n) is 2.38. The molecule has 1 aromatic heterocycles. The molecule has 1 saturated heterocycles. The Bertz CT molecular complexity index is 499. The Kier molecular flexibility index (Phi) is 7.32. The lowest BCUT2D eigenvalue weighted by Crippen LogP contribution is -2.41. The largest absolute Gasteiger partial charge is 0.348 e. The van der Waals surface area contributed by atoms with Crippen LogP contribution in [0.4, 0.5) is 5.13 Å². The molecule has 22 heavy (non-hydrogen) atoms. The second kappa shape index (κ2) is 9.53. The van der Waals surface area contributed by atoms with Gasteiger partial charge in [0.05, 0.1) is 0 Å². The predicted octanol–water partition coefficient (Wildman–Crippen LogP) is 3.01. The van der Waals surface area contributed by atoms with Crippen LogP contribution in [0.25, 0.3) is 0 Å². The number of rotatable bonds is 4. The quantitative estimate of drug-likeness (QED) is 0.670. The Hall–Kier alpha value is -1.47. The molecule has 0 radical (unpaired) electrons. The summed E-state index contributed by atoms with van der Waals surface area (Å²) in [5, 5.41) is 14.6. The molecule has 6 heteroatoms. The lowest BCUT2D eigenvalue weighted by Gasteiger charge is -2.31. The van der Waals surface area contributed by atoms with Gasteiger partial charge in [0, 0.05) is 30.7 Å². The topological polar surface area (TPSA) is 57.6 Å². The van der Waals surface area contributed by atoms with E-state index in [-0.39, 0.29) is 6.61 Å². The van der Waals surface area contributed by atoms with Gasteiger partial charge in [0.1, 0.15) is 6.61 Å². The van der Waals surface area contributed by atoms with Crippen molar-refractivity contribution in [3.8, 4) is 0 Å². The van der Waals surface area contributed by atoms with Gasteiger partial charge in [-0.2, -0.15) is 0 Å².